The smallest absolute Gasteiger partial charge is 0.279 e. The van der Waals surface area contributed by atoms with Gasteiger partial charge < -0.3 is 4.90 Å². The Morgan fingerprint density at radius 1 is 1.39 bits per heavy atom. The fourth-order valence-electron chi connectivity index (χ4n) is 2.47. The van der Waals surface area contributed by atoms with Crippen molar-refractivity contribution in [3.05, 3.63) is 30.1 Å². The van der Waals surface area contributed by atoms with Crippen molar-refractivity contribution >= 4 is 21.8 Å². The molecule has 0 bridgehead atoms. The van der Waals surface area contributed by atoms with Crippen LogP contribution in [0.4, 0.5) is 10.1 Å². The molecule has 1 fully saturated rings. The third-order valence-electron chi connectivity index (χ3n) is 3.88. The Hall–Kier alpha value is -1.51. The molecule has 1 aromatic rings. The van der Waals surface area contributed by atoms with Gasteiger partial charge in [0.15, 0.2) is 0 Å². The molecule has 1 heterocycles. The van der Waals surface area contributed by atoms with Crippen LogP contribution >= 0.6 is 0 Å². The number of anilines is 1. The molecule has 1 saturated heterocycles. The minimum atomic E-state index is -3.72. The lowest BCUT2D eigenvalue weighted by molar-refractivity contribution is -0.118. The van der Waals surface area contributed by atoms with Crippen molar-refractivity contribution < 1.29 is 17.6 Å². The Morgan fingerprint density at radius 2 is 2.09 bits per heavy atom. The summed E-state index contributed by atoms with van der Waals surface area (Å²) in [5.41, 5.74) is 0.179. The second-order valence-corrected chi connectivity index (χ2v) is 7.39. The molecule has 128 valence electrons. The van der Waals surface area contributed by atoms with E-state index in [1.165, 1.54) is 28.4 Å². The van der Waals surface area contributed by atoms with Crippen molar-refractivity contribution in [3.63, 3.8) is 0 Å². The molecule has 0 radical (unpaired) electrons. The van der Waals surface area contributed by atoms with Gasteiger partial charge in [0, 0.05) is 20.1 Å². The summed E-state index contributed by atoms with van der Waals surface area (Å²) in [5.74, 6) is -0.924. The molecule has 1 N–H and O–H groups in total. The molecule has 1 amide bonds. The number of benzene rings is 1. The van der Waals surface area contributed by atoms with Crippen molar-refractivity contribution in [1.29, 1.82) is 0 Å². The van der Waals surface area contributed by atoms with Crippen LogP contribution in [0.2, 0.25) is 0 Å². The number of carbonyl (C=O) groups is 1. The number of nitrogens with one attached hydrogen (secondary N) is 1. The van der Waals surface area contributed by atoms with Crippen LogP contribution in [0.15, 0.2) is 24.3 Å². The SMILES string of the molecule is CCCCN(C)S(=O)(=O)N[C@H]1CCN(c2ccccc2F)C1=O. The van der Waals surface area contributed by atoms with E-state index in [1.807, 2.05) is 6.92 Å². The lowest BCUT2D eigenvalue weighted by Crippen LogP contribution is -2.47. The van der Waals surface area contributed by atoms with Gasteiger partial charge in [0.05, 0.1) is 5.69 Å². The summed E-state index contributed by atoms with van der Waals surface area (Å²) < 4.78 is 41.9. The van der Waals surface area contributed by atoms with Crippen LogP contribution in [0.25, 0.3) is 0 Å². The number of nitrogens with zero attached hydrogens (tertiary/aromatic N) is 2. The first kappa shape index (κ1) is 17.8. The molecule has 0 aromatic heterocycles. The topological polar surface area (TPSA) is 69.7 Å². The Bertz CT molecular complexity index is 666. The maximum absolute atomic E-state index is 13.8. The number of amides is 1. The molecular weight excluding hydrogens is 321 g/mol. The standard InChI is InChI=1S/C15H22FN3O3S/c1-3-4-10-18(2)23(21,22)17-13-9-11-19(15(13)20)14-8-6-5-7-12(14)16/h5-8,13,17H,3-4,9-11H2,1-2H3/t13-/m0/s1. The number of unbranched alkanes of at least 4 members (excludes halogenated alkanes) is 1. The van der Waals surface area contributed by atoms with E-state index < -0.39 is 28.0 Å². The molecule has 1 aliphatic rings. The van der Waals surface area contributed by atoms with Crippen LogP contribution in [0, 0.1) is 5.82 Å². The maximum Gasteiger partial charge on any atom is 0.279 e. The third-order valence-corrected chi connectivity index (χ3v) is 5.46. The first-order chi connectivity index (χ1) is 10.9. The Labute approximate surface area is 136 Å². The largest absolute Gasteiger partial charge is 0.308 e. The number of hydrogen-bond acceptors (Lipinski definition) is 3. The summed E-state index contributed by atoms with van der Waals surface area (Å²) in [4.78, 5) is 13.7. The first-order valence-electron chi connectivity index (χ1n) is 7.66. The number of para-hydroxylation sites is 1. The third kappa shape index (κ3) is 4.07. The lowest BCUT2D eigenvalue weighted by atomic mass is 10.2. The van der Waals surface area contributed by atoms with Gasteiger partial charge in [-0.1, -0.05) is 25.5 Å². The lowest BCUT2D eigenvalue weighted by Gasteiger charge is -2.21. The summed E-state index contributed by atoms with van der Waals surface area (Å²) in [7, 11) is -2.24. The van der Waals surface area contributed by atoms with Crippen LogP contribution in [0.1, 0.15) is 26.2 Å². The summed E-state index contributed by atoms with van der Waals surface area (Å²) >= 11 is 0. The van der Waals surface area contributed by atoms with Crippen LogP contribution in [0.5, 0.6) is 0 Å². The van der Waals surface area contributed by atoms with E-state index in [0.717, 1.165) is 12.8 Å². The average molecular weight is 343 g/mol. The highest BCUT2D eigenvalue weighted by Gasteiger charge is 2.37. The van der Waals surface area contributed by atoms with Crippen LogP contribution < -0.4 is 9.62 Å². The molecule has 0 aliphatic carbocycles. The zero-order valence-corrected chi connectivity index (χ0v) is 14.1. The first-order valence-corrected chi connectivity index (χ1v) is 9.10. The van der Waals surface area contributed by atoms with Gasteiger partial charge in [-0.2, -0.15) is 17.4 Å². The van der Waals surface area contributed by atoms with E-state index in [1.54, 1.807) is 12.1 Å². The summed E-state index contributed by atoms with van der Waals surface area (Å²) in [6.45, 7) is 2.65. The molecule has 1 aliphatic heterocycles. The molecule has 1 aromatic carbocycles. The van der Waals surface area contributed by atoms with E-state index in [9.17, 15) is 17.6 Å². The minimum absolute atomic E-state index is 0.179. The predicted octanol–water partition coefficient (Wildman–Crippen LogP) is 1.50. The van der Waals surface area contributed by atoms with Crippen LogP contribution in [0.3, 0.4) is 0 Å². The second kappa shape index (κ2) is 7.37. The fraction of sp³-hybridized carbons (Fsp3) is 0.533. The molecule has 0 unspecified atom stereocenters. The van der Waals surface area contributed by atoms with Gasteiger partial charge in [-0.05, 0) is 25.0 Å². The van der Waals surface area contributed by atoms with E-state index in [2.05, 4.69) is 4.72 Å². The van der Waals surface area contributed by atoms with E-state index in [4.69, 9.17) is 0 Å². The maximum atomic E-state index is 13.8. The normalized spacial score (nSPS) is 18.9. The Balaban J connectivity index is 2.06. The molecular formula is C15H22FN3O3S. The molecule has 23 heavy (non-hydrogen) atoms. The Morgan fingerprint density at radius 3 is 2.74 bits per heavy atom. The Kier molecular flexibility index (Phi) is 5.72. The van der Waals surface area contributed by atoms with Gasteiger partial charge >= 0.3 is 0 Å². The summed E-state index contributed by atoms with van der Waals surface area (Å²) in [5, 5.41) is 0. The highest BCUT2D eigenvalue weighted by molar-refractivity contribution is 7.87. The average Bonchev–Trinajstić information content (AvgIpc) is 2.86. The highest BCUT2D eigenvalue weighted by atomic mass is 32.2. The van der Waals surface area contributed by atoms with Crippen LogP contribution in [-0.4, -0.2) is 44.8 Å². The van der Waals surface area contributed by atoms with E-state index >= 15 is 0 Å². The van der Waals surface area contributed by atoms with Crippen molar-refractivity contribution in [3.8, 4) is 0 Å². The van der Waals surface area contributed by atoms with E-state index in [-0.39, 0.29) is 12.2 Å². The highest BCUT2D eigenvalue weighted by Crippen LogP contribution is 2.24. The molecule has 8 heteroatoms. The molecule has 0 saturated carbocycles. The number of rotatable bonds is 7. The predicted molar refractivity (Wildman–Crippen MR) is 86.8 cm³/mol. The number of carbonyl (C=O) groups excluding carboxylic acids is 1. The van der Waals surface area contributed by atoms with Gasteiger partial charge in [0.2, 0.25) is 5.91 Å². The summed E-state index contributed by atoms with van der Waals surface area (Å²) in [6, 6.07) is 5.11. The zero-order chi connectivity index (χ0) is 17.0. The zero-order valence-electron chi connectivity index (χ0n) is 13.3. The number of hydrogen-bond donors (Lipinski definition) is 1. The second-order valence-electron chi connectivity index (χ2n) is 5.58. The molecule has 1 atom stereocenters. The van der Waals surface area contributed by atoms with Gasteiger partial charge in [-0.3, -0.25) is 4.79 Å². The number of halogens is 1. The monoisotopic (exact) mass is 343 g/mol. The molecule has 6 nitrogen and oxygen atoms in total. The minimum Gasteiger partial charge on any atom is -0.308 e. The molecule has 2 rings (SSSR count). The van der Waals surface area contributed by atoms with Crippen molar-refractivity contribution in [1.82, 2.24) is 9.03 Å². The van der Waals surface area contributed by atoms with Gasteiger partial charge in [0.1, 0.15) is 11.9 Å². The van der Waals surface area contributed by atoms with Gasteiger partial charge in [-0.25, -0.2) is 4.39 Å². The van der Waals surface area contributed by atoms with Crippen molar-refractivity contribution in [2.24, 2.45) is 0 Å². The van der Waals surface area contributed by atoms with Crippen molar-refractivity contribution in [2.75, 3.05) is 25.0 Å². The van der Waals surface area contributed by atoms with Crippen molar-refractivity contribution in [2.45, 2.75) is 32.2 Å². The van der Waals surface area contributed by atoms with E-state index in [0.29, 0.717) is 13.0 Å². The summed E-state index contributed by atoms with van der Waals surface area (Å²) in [6.07, 6.45) is 1.94. The van der Waals surface area contributed by atoms with Gasteiger partial charge in [-0.15, -0.1) is 0 Å². The fourth-order valence-corrected chi connectivity index (χ4v) is 3.60. The van der Waals surface area contributed by atoms with Crippen LogP contribution in [-0.2, 0) is 15.0 Å². The molecule has 0 spiro atoms. The van der Waals surface area contributed by atoms with Gasteiger partial charge in [0.25, 0.3) is 10.2 Å². The quantitative estimate of drug-likeness (QED) is 0.816.